The van der Waals surface area contributed by atoms with Crippen molar-refractivity contribution in [1.29, 1.82) is 0 Å². The Morgan fingerprint density at radius 3 is 2.68 bits per heavy atom. The van der Waals surface area contributed by atoms with Gasteiger partial charge in [-0.05, 0) is 31.7 Å². The van der Waals surface area contributed by atoms with Crippen molar-refractivity contribution in [2.24, 2.45) is 7.05 Å². The summed E-state index contributed by atoms with van der Waals surface area (Å²) in [5, 5.41) is 6.83. The molecule has 0 saturated carbocycles. The Hall–Kier alpha value is -1.39. The molecule has 104 valence electrons. The SMILES string of the molecule is CNC(CNC(C)C)c1ccc2c(c1)nc(C)n2C. The molecule has 0 aliphatic heterocycles. The lowest BCUT2D eigenvalue weighted by atomic mass is 10.1. The summed E-state index contributed by atoms with van der Waals surface area (Å²) in [7, 11) is 4.06. The van der Waals surface area contributed by atoms with Crippen molar-refractivity contribution in [2.75, 3.05) is 13.6 Å². The zero-order valence-electron chi connectivity index (χ0n) is 12.5. The van der Waals surface area contributed by atoms with Crippen molar-refractivity contribution >= 4 is 11.0 Å². The fourth-order valence-electron chi connectivity index (χ4n) is 2.29. The van der Waals surface area contributed by atoms with Crippen molar-refractivity contribution in [3.8, 4) is 0 Å². The average Bonchev–Trinajstić information content (AvgIpc) is 2.65. The summed E-state index contributed by atoms with van der Waals surface area (Å²) >= 11 is 0. The van der Waals surface area contributed by atoms with Gasteiger partial charge in [-0.25, -0.2) is 4.98 Å². The van der Waals surface area contributed by atoms with E-state index in [0.29, 0.717) is 12.1 Å². The van der Waals surface area contributed by atoms with E-state index in [9.17, 15) is 0 Å². The molecule has 0 amide bonds. The van der Waals surface area contributed by atoms with E-state index in [-0.39, 0.29) is 0 Å². The zero-order chi connectivity index (χ0) is 14.0. The highest BCUT2D eigenvalue weighted by Crippen LogP contribution is 2.20. The first-order valence-corrected chi connectivity index (χ1v) is 6.86. The van der Waals surface area contributed by atoms with E-state index in [4.69, 9.17) is 0 Å². The first-order chi connectivity index (χ1) is 9.02. The van der Waals surface area contributed by atoms with Crippen LogP contribution in [0, 0.1) is 6.92 Å². The second-order valence-electron chi connectivity index (χ2n) is 5.37. The van der Waals surface area contributed by atoms with Gasteiger partial charge in [0.2, 0.25) is 0 Å². The Morgan fingerprint density at radius 2 is 2.05 bits per heavy atom. The number of likely N-dealkylation sites (N-methyl/N-ethyl adjacent to an activating group) is 1. The minimum absolute atomic E-state index is 0.314. The Labute approximate surface area is 115 Å². The molecule has 1 aromatic heterocycles. The van der Waals surface area contributed by atoms with Gasteiger partial charge < -0.3 is 15.2 Å². The second kappa shape index (κ2) is 5.72. The van der Waals surface area contributed by atoms with Crippen molar-refractivity contribution < 1.29 is 0 Å². The van der Waals surface area contributed by atoms with Crippen molar-refractivity contribution in [3.63, 3.8) is 0 Å². The largest absolute Gasteiger partial charge is 0.331 e. The highest BCUT2D eigenvalue weighted by atomic mass is 15.0. The van der Waals surface area contributed by atoms with E-state index in [1.54, 1.807) is 0 Å². The first kappa shape index (κ1) is 14.0. The molecule has 0 fully saturated rings. The molecule has 2 N–H and O–H groups in total. The molecule has 1 atom stereocenters. The molecule has 19 heavy (non-hydrogen) atoms. The predicted molar refractivity (Wildman–Crippen MR) is 80.4 cm³/mol. The third-order valence-corrected chi connectivity index (χ3v) is 3.61. The number of nitrogens with one attached hydrogen (secondary N) is 2. The summed E-state index contributed by atoms with van der Waals surface area (Å²) in [6.45, 7) is 7.29. The van der Waals surface area contributed by atoms with Gasteiger partial charge in [-0.2, -0.15) is 0 Å². The highest BCUT2D eigenvalue weighted by Gasteiger charge is 2.12. The van der Waals surface area contributed by atoms with Crippen molar-refractivity contribution in [3.05, 3.63) is 29.6 Å². The molecule has 1 unspecified atom stereocenters. The van der Waals surface area contributed by atoms with Gasteiger partial charge in [0.1, 0.15) is 5.82 Å². The Kier molecular flexibility index (Phi) is 4.22. The molecule has 2 aromatic rings. The van der Waals surface area contributed by atoms with Gasteiger partial charge in [-0.1, -0.05) is 19.9 Å². The van der Waals surface area contributed by atoms with Crippen LogP contribution in [0.25, 0.3) is 11.0 Å². The van der Waals surface area contributed by atoms with Crippen LogP contribution < -0.4 is 10.6 Å². The number of imidazole rings is 1. The molecule has 0 saturated heterocycles. The summed E-state index contributed by atoms with van der Waals surface area (Å²) in [6.07, 6.45) is 0. The van der Waals surface area contributed by atoms with Gasteiger partial charge in [0.15, 0.2) is 0 Å². The number of rotatable bonds is 5. The Morgan fingerprint density at radius 1 is 1.32 bits per heavy atom. The number of nitrogens with zero attached hydrogens (tertiary/aromatic N) is 2. The van der Waals surface area contributed by atoms with Crippen LogP contribution in [0.5, 0.6) is 0 Å². The van der Waals surface area contributed by atoms with Crippen LogP contribution in [0.15, 0.2) is 18.2 Å². The summed E-state index contributed by atoms with van der Waals surface area (Å²) in [5.41, 5.74) is 3.54. The monoisotopic (exact) mass is 260 g/mol. The van der Waals surface area contributed by atoms with Crippen LogP contribution in [0.4, 0.5) is 0 Å². The third kappa shape index (κ3) is 2.96. The van der Waals surface area contributed by atoms with Crippen LogP contribution in [-0.2, 0) is 7.05 Å². The lowest BCUT2D eigenvalue weighted by Crippen LogP contribution is -2.33. The zero-order valence-corrected chi connectivity index (χ0v) is 12.5. The molecule has 4 nitrogen and oxygen atoms in total. The lowest BCUT2D eigenvalue weighted by Gasteiger charge is -2.19. The molecule has 1 heterocycles. The predicted octanol–water partition coefficient (Wildman–Crippen LogP) is 2.14. The quantitative estimate of drug-likeness (QED) is 0.865. The van der Waals surface area contributed by atoms with Crippen molar-refractivity contribution in [2.45, 2.75) is 32.9 Å². The number of hydrogen-bond donors (Lipinski definition) is 2. The maximum absolute atomic E-state index is 4.60. The minimum atomic E-state index is 0.314. The summed E-state index contributed by atoms with van der Waals surface area (Å²) in [6, 6.07) is 7.34. The van der Waals surface area contributed by atoms with Gasteiger partial charge in [-0.15, -0.1) is 0 Å². The van der Waals surface area contributed by atoms with Gasteiger partial charge in [0.25, 0.3) is 0 Å². The topological polar surface area (TPSA) is 41.9 Å². The van der Waals surface area contributed by atoms with E-state index in [2.05, 4.69) is 59.3 Å². The maximum Gasteiger partial charge on any atom is 0.106 e. The Balaban J connectivity index is 2.28. The minimum Gasteiger partial charge on any atom is -0.331 e. The van der Waals surface area contributed by atoms with Crippen LogP contribution in [0.2, 0.25) is 0 Å². The van der Waals surface area contributed by atoms with E-state index >= 15 is 0 Å². The number of hydrogen-bond acceptors (Lipinski definition) is 3. The fourth-order valence-corrected chi connectivity index (χ4v) is 2.29. The fraction of sp³-hybridized carbons (Fsp3) is 0.533. The number of aryl methyl sites for hydroxylation is 2. The van der Waals surface area contributed by atoms with Gasteiger partial charge in [0, 0.05) is 25.7 Å². The molecule has 0 aliphatic carbocycles. The highest BCUT2D eigenvalue weighted by molar-refractivity contribution is 5.76. The van der Waals surface area contributed by atoms with E-state index < -0.39 is 0 Å². The molecule has 0 radical (unpaired) electrons. The Bertz CT molecular complexity index is 557. The molecular weight excluding hydrogens is 236 g/mol. The molecule has 0 bridgehead atoms. The van der Waals surface area contributed by atoms with Crippen LogP contribution in [0.1, 0.15) is 31.3 Å². The maximum atomic E-state index is 4.60. The van der Waals surface area contributed by atoms with Crippen LogP contribution in [0.3, 0.4) is 0 Å². The van der Waals surface area contributed by atoms with Gasteiger partial charge in [-0.3, -0.25) is 0 Å². The second-order valence-corrected chi connectivity index (χ2v) is 5.37. The standard InChI is InChI=1S/C15H24N4/c1-10(2)17-9-14(16-4)12-6-7-15-13(8-12)18-11(3)19(15)5/h6-8,10,14,16-17H,9H2,1-5H3. The normalized spacial score (nSPS) is 13.4. The molecule has 1 aromatic carbocycles. The van der Waals surface area contributed by atoms with E-state index in [0.717, 1.165) is 17.9 Å². The van der Waals surface area contributed by atoms with E-state index in [1.165, 1.54) is 11.1 Å². The first-order valence-electron chi connectivity index (χ1n) is 6.86. The number of aromatic nitrogens is 2. The van der Waals surface area contributed by atoms with E-state index in [1.807, 2.05) is 14.0 Å². The molecule has 0 spiro atoms. The van der Waals surface area contributed by atoms with Gasteiger partial charge in [0.05, 0.1) is 11.0 Å². The smallest absolute Gasteiger partial charge is 0.106 e. The number of benzene rings is 1. The third-order valence-electron chi connectivity index (χ3n) is 3.61. The molecular formula is C15H24N4. The molecule has 4 heteroatoms. The van der Waals surface area contributed by atoms with Gasteiger partial charge >= 0.3 is 0 Å². The summed E-state index contributed by atoms with van der Waals surface area (Å²) in [4.78, 5) is 4.60. The van der Waals surface area contributed by atoms with Crippen molar-refractivity contribution in [1.82, 2.24) is 20.2 Å². The number of fused-ring (bicyclic) bond motifs is 1. The van der Waals surface area contributed by atoms with Crippen LogP contribution in [-0.4, -0.2) is 29.2 Å². The average molecular weight is 260 g/mol. The van der Waals surface area contributed by atoms with Crippen LogP contribution >= 0.6 is 0 Å². The summed E-state index contributed by atoms with van der Waals surface area (Å²) in [5.74, 6) is 1.05. The molecule has 0 aliphatic rings. The summed E-state index contributed by atoms with van der Waals surface area (Å²) < 4.78 is 2.12. The lowest BCUT2D eigenvalue weighted by molar-refractivity contribution is 0.491. The molecule has 2 rings (SSSR count).